The van der Waals surface area contributed by atoms with Crippen LogP contribution in [-0.2, 0) is 0 Å². The van der Waals surface area contributed by atoms with Gasteiger partial charge in [-0.05, 0) is 59.9 Å². The lowest BCUT2D eigenvalue weighted by atomic mass is 10.1. The second kappa shape index (κ2) is 6.75. The van der Waals surface area contributed by atoms with Crippen molar-refractivity contribution in [2.75, 3.05) is 31.5 Å². The van der Waals surface area contributed by atoms with Crippen LogP contribution in [-0.4, -0.2) is 45.7 Å². The van der Waals surface area contributed by atoms with Gasteiger partial charge in [0.15, 0.2) is 5.65 Å². The maximum atomic E-state index is 4.48. The van der Waals surface area contributed by atoms with Crippen LogP contribution in [0.3, 0.4) is 0 Å². The zero-order valence-corrected chi connectivity index (χ0v) is 14.0. The maximum Gasteiger partial charge on any atom is 0.243 e. The Morgan fingerprint density at radius 3 is 2.90 bits per heavy atom. The van der Waals surface area contributed by atoms with Crippen LogP contribution >= 0.6 is 15.9 Å². The lowest BCUT2D eigenvalue weighted by Crippen LogP contribution is -2.35. The van der Waals surface area contributed by atoms with E-state index < -0.39 is 0 Å². The number of hydrogen-bond donors (Lipinski definition) is 1. The minimum atomic E-state index is 0.599. The quantitative estimate of drug-likeness (QED) is 0.899. The Labute approximate surface area is 133 Å². The fraction of sp³-hybridized carbons (Fsp3) is 0.600. The molecule has 3 rings (SSSR count). The van der Waals surface area contributed by atoms with Gasteiger partial charge in [0, 0.05) is 23.8 Å². The first kappa shape index (κ1) is 14.8. The predicted octanol–water partition coefficient (Wildman–Crippen LogP) is 3.03. The van der Waals surface area contributed by atoms with Crippen LogP contribution in [0.1, 0.15) is 26.2 Å². The van der Waals surface area contributed by atoms with Gasteiger partial charge < -0.3 is 10.2 Å². The molecule has 1 unspecified atom stereocenters. The van der Waals surface area contributed by atoms with Crippen molar-refractivity contribution in [2.45, 2.75) is 26.2 Å². The van der Waals surface area contributed by atoms with E-state index in [9.17, 15) is 0 Å². The normalized spacial score (nSPS) is 18.0. The minimum absolute atomic E-state index is 0.599. The van der Waals surface area contributed by atoms with Crippen LogP contribution in [0.2, 0.25) is 0 Å². The third-order valence-electron chi connectivity index (χ3n) is 3.92. The van der Waals surface area contributed by atoms with E-state index in [1.54, 1.807) is 4.52 Å². The van der Waals surface area contributed by atoms with Gasteiger partial charge in [-0.2, -0.15) is 4.98 Å². The Morgan fingerprint density at radius 2 is 2.10 bits per heavy atom. The van der Waals surface area contributed by atoms with E-state index in [1.165, 1.54) is 32.4 Å². The Bertz CT molecular complexity index is 591. The molecular formula is C15H22BrN5. The highest BCUT2D eigenvalue weighted by molar-refractivity contribution is 9.10. The third-order valence-corrected chi connectivity index (χ3v) is 4.39. The van der Waals surface area contributed by atoms with Crippen molar-refractivity contribution < 1.29 is 0 Å². The first-order valence-corrected chi connectivity index (χ1v) is 8.48. The highest BCUT2D eigenvalue weighted by atomic mass is 79.9. The summed E-state index contributed by atoms with van der Waals surface area (Å²) in [5, 5.41) is 7.80. The summed E-state index contributed by atoms with van der Waals surface area (Å²) in [6, 6.07) is 3.94. The van der Waals surface area contributed by atoms with Crippen LogP contribution in [0, 0.1) is 5.92 Å². The van der Waals surface area contributed by atoms with E-state index in [-0.39, 0.29) is 0 Å². The fourth-order valence-corrected chi connectivity index (χ4v) is 3.17. The summed E-state index contributed by atoms with van der Waals surface area (Å²) in [5.74, 6) is 1.31. The summed E-state index contributed by atoms with van der Waals surface area (Å²) >= 11 is 3.44. The number of pyridine rings is 1. The summed E-state index contributed by atoms with van der Waals surface area (Å²) in [4.78, 5) is 7.05. The number of rotatable bonds is 5. The molecular weight excluding hydrogens is 330 g/mol. The topological polar surface area (TPSA) is 45.5 Å². The number of fused-ring (bicyclic) bond motifs is 1. The Balaban J connectivity index is 1.53. The highest BCUT2D eigenvalue weighted by Crippen LogP contribution is 2.13. The van der Waals surface area contributed by atoms with Gasteiger partial charge >= 0.3 is 0 Å². The molecule has 0 amide bonds. The predicted molar refractivity (Wildman–Crippen MR) is 88.6 cm³/mol. The van der Waals surface area contributed by atoms with Gasteiger partial charge in [-0.25, -0.2) is 4.52 Å². The molecule has 2 aromatic heterocycles. The molecule has 1 aliphatic rings. The van der Waals surface area contributed by atoms with E-state index in [0.29, 0.717) is 11.9 Å². The molecule has 1 fully saturated rings. The number of piperidine rings is 1. The maximum absolute atomic E-state index is 4.48. The zero-order valence-electron chi connectivity index (χ0n) is 12.4. The van der Waals surface area contributed by atoms with Crippen molar-refractivity contribution in [1.29, 1.82) is 0 Å². The molecule has 5 nitrogen and oxygen atoms in total. The number of aromatic nitrogens is 3. The smallest absolute Gasteiger partial charge is 0.243 e. The van der Waals surface area contributed by atoms with E-state index >= 15 is 0 Å². The molecule has 1 N–H and O–H groups in total. The van der Waals surface area contributed by atoms with Crippen LogP contribution in [0.25, 0.3) is 5.65 Å². The average molecular weight is 352 g/mol. The third kappa shape index (κ3) is 3.95. The van der Waals surface area contributed by atoms with Crippen molar-refractivity contribution in [3.63, 3.8) is 0 Å². The first-order valence-electron chi connectivity index (χ1n) is 7.69. The Kier molecular flexibility index (Phi) is 4.75. The van der Waals surface area contributed by atoms with Crippen molar-refractivity contribution in [3.8, 4) is 0 Å². The zero-order chi connectivity index (χ0) is 14.7. The van der Waals surface area contributed by atoms with Gasteiger partial charge in [0.1, 0.15) is 0 Å². The molecule has 1 atom stereocenters. The van der Waals surface area contributed by atoms with Gasteiger partial charge in [0.05, 0.1) is 0 Å². The SMILES string of the molecule is CC(CNc1nc2ccc(Br)cn2n1)CN1CCCCC1. The van der Waals surface area contributed by atoms with Crippen LogP contribution in [0.5, 0.6) is 0 Å². The molecule has 0 aromatic carbocycles. The molecule has 21 heavy (non-hydrogen) atoms. The summed E-state index contributed by atoms with van der Waals surface area (Å²) < 4.78 is 2.80. The van der Waals surface area contributed by atoms with Gasteiger partial charge in [0.25, 0.3) is 0 Å². The number of likely N-dealkylation sites (tertiary alicyclic amines) is 1. The number of halogens is 1. The summed E-state index contributed by atoms with van der Waals surface area (Å²) in [5.41, 5.74) is 0.865. The number of hydrogen-bond acceptors (Lipinski definition) is 4. The molecule has 0 saturated carbocycles. The van der Waals surface area contributed by atoms with Gasteiger partial charge in [0.2, 0.25) is 5.95 Å². The van der Waals surface area contributed by atoms with Crippen molar-refractivity contribution in [2.24, 2.45) is 5.92 Å². The van der Waals surface area contributed by atoms with Crippen LogP contribution in [0.4, 0.5) is 5.95 Å². The molecule has 0 aliphatic carbocycles. The average Bonchev–Trinajstić information content (AvgIpc) is 2.88. The minimum Gasteiger partial charge on any atom is -0.353 e. The molecule has 2 aromatic rings. The number of nitrogens with zero attached hydrogens (tertiary/aromatic N) is 4. The van der Waals surface area contributed by atoms with Gasteiger partial charge in [-0.1, -0.05) is 13.3 Å². The van der Waals surface area contributed by atoms with Gasteiger partial charge in [-0.15, -0.1) is 5.10 Å². The second-order valence-corrected chi connectivity index (χ2v) is 6.85. The second-order valence-electron chi connectivity index (χ2n) is 5.93. The standard InChI is InChI=1S/C15H22BrN5/c1-12(10-20-7-3-2-4-8-20)9-17-15-18-14-6-5-13(16)11-21(14)19-15/h5-6,11-12H,2-4,7-10H2,1H3,(H,17,19). The highest BCUT2D eigenvalue weighted by Gasteiger charge is 2.13. The van der Waals surface area contributed by atoms with Crippen molar-refractivity contribution in [3.05, 3.63) is 22.8 Å². The van der Waals surface area contributed by atoms with Crippen molar-refractivity contribution >= 4 is 27.5 Å². The Morgan fingerprint density at radius 1 is 1.29 bits per heavy atom. The van der Waals surface area contributed by atoms with Crippen LogP contribution in [0.15, 0.2) is 22.8 Å². The molecule has 1 aliphatic heterocycles. The molecule has 6 heteroatoms. The molecule has 0 radical (unpaired) electrons. The molecule has 114 valence electrons. The van der Waals surface area contributed by atoms with E-state index in [0.717, 1.165) is 23.2 Å². The summed E-state index contributed by atoms with van der Waals surface area (Å²) in [6.07, 6.45) is 6.01. The fourth-order valence-electron chi connectivity index (χ4n) is 2.85. The largest absolute Gasteiger partial charge is 0.353 e. The lowest BCUT2D eigenvalue weighted by Gasteiger charge is -2.29. The summed E-state index contributed by atoms with van der Waals surface area (Å²) in [7, 11) is 0. The molecule has 0 bridgehead atoms. The molecule has 3 heterocycles. The monoisotopic (exact) mass is 351 g/mol. The molecule has 1 saturated heterocycles. The van der Waals surface area contributed by atoms with Crippen molar-refractivity contribution in [1.82, 2.24) is 19.5 Å². The molecule has 0 spiro atoms. The number of nitrogens with one attached hydrogen (secondary N) is 1. The van der Waals surface area contributed by atoms with E-state index in [2.05, 4.69) is 43.2 Å². The lowest BCUT2D eigenvalue weighted by molar-refractivity contribution is 0.204. The van der Waals surface area contributed by atoms with E-state index in [4.69, 9.17) is 0 Å². The van der Waals surface area contributed by atoms with E-state index in [1.807, 2.05) is 18.3 Å². The van der Waals surface area contributed by atoms with Crippen LogP contribution < -0.4 is 5.32 Å². The first-order chi connectivity index (χ1) is 10.2. The number of anilines is 1. The Hall–Kier alpha value is -1.14. The summed E-state index contributed by atoms with van der Waals surface area (Å²) in [6.45, 7) is 6.87. The van der Waals surface area contributed by atoms with Gasteiger partial charge in [-0.3, -0.25) is 0 Å².